The Morgan fingerprint density at radius 3 is 2.71 bits per heavy atom. The summed E-state index contributed by atoms with van der Waals surface area (Å²) in [6, 6.07) is 8.19. The third-order valence-corrected chi connectivity index (χ3v) is 5.34. The van der Waals surface area contributed by atoms with E-state index in [0.717, 1.165) is 23.9 Å². The summed E-state index contributed by atoms with van der Waals surface area (Å²) >= 11 is 1.01. The summed E-state index contributed by atoms with van der Waals surface area (Å²) in [5.74, 6) is -1.93. The number of methoxy groups -OCH3 is 1. The number of phenolic OH excluding ortho intramolecular Hbond substituents is 1. The molecule has 0 aliphatic carbocycles. The molecule has 11 heteroatoms. The fourth-order valence-electron chi connectivity index (χ4n) is 2.82. The number of hydrogen-bond donors (Lipinski definition) is 2. The number of carbonyl (C=O) groups excluding carboxylic acids is 1. The zero-order valence-electron chi connectivity index (χ0n) is 16.4. The number of non-ortho nitro benzene ring substituents is 1. The average Bonchev–Trinajstić information content (AvgIpc) is 3.03. The van der Waals surface area contributed by atoms with Gasteiger partial charge in [0.1, 0.15) is 0 Å². The Balaban J connectivity index is 2.03. The van der Waals surface area contributed by atoms with Gasteiger partial charge in [0, 0.05) is 18.2 Å². The molecule has 2 aromatic carbocycles. The average molecular weight is 443 g/mol. The molecule has 0 spiro atoms. The molecule has 0 atom stereocenters. The SMILES string of the molecule is CCN1C(=O)/C(=C\c2cc([N+](=O)[O-])cc(OC)c2O)SC1=Nc1cccc(C(=O)O)c1. The molecule has 1 saturated heterocycles. The van der Waals surface area contributed by atoms with Crippen LogP contribution in [0.2, 0.25) is 0 Å². The predicted molar refractivity (Wildman–Crippen MR) is 115 cm³/mol. The second-order valence-corrected chi connectivity index (χ2v) is 7.26. The van der Waals surface area contributed by atoms with Crippen molar-refractivity contribution in [3.05, 3.63) is 62.5 Å². The van der Waals surface area contributed by atoms with Crippen LogP contribution in [0.1, 0.15) is 22.8 Å². The number of carboxylic acid groups (broad SMARTS) is 1. The van der Waals surface area contributed by atoms with Gasteiger partial charge in [-0.1, -0.05) is 6.07 Å². The molecular weight excluding hydrogens is 426 g/mol. The number of ether oxygens (including phenoxy) is 1. The van der Waals surface area contributed by atoms with E-state index < -0.39 is 16.8 Å². The molecule has 0 radical (unpaired) electrons. The summed E-state index contributed by atoms with van der Waals surface area (Å²) in [5.41, 5.74) is 0.161. The quantitative estimate of drug-likeness (QED) is 0.391. The van der Waals surface area contributed by atoms with Crippen LogP contribution in [-0.2, 0) is 4.79 Å². The summed E-state index contributed by atoms with van der Waals surface area (Å²) in [5, 5.41) is 31.0. The Morgan fingerprint density at radius 2 is 2.10 bits per heavy atom. The lowest BCUT2D eigenvalue weighted by Crippen LogP contribution is -2.28. The van der Waals surface area contributed by atoms with Gasteiger partial charge in [-0.3, -0.25) is 19.8 Å². The number of likely N-dealkylation sites (N-methyl/N-ethyl adjacent to an activating group) is 1. The number of amides is 1. The maximum atomic E-state index is 12.8. The molecule has 1 aliphatic heterocycles. The van der Waals surface area contributed by atoms with Gasteiger partial charge in [-0.05, 0) is 43.0 Å². The molecule has 1 amide bonds. The topological polar surface area (TPSA) is 143 Å². The van der Waals surface area contributed by atoms with E-state index in [9.17, 15) is 24.8 Å². The number of benzene rings is 2. The first-order chi connectivity index (χ1) is 14.7. The van der Waals surface area contributed by atoms with Crippen molar-refractivity contribution in [1.29, 1.82) is 0 Å². The molecule has 10 nitrogen and oxygen atoms in total. The Morgan fingerprint density at radius 1 is 1.35 bits per heavy atom. The molecule has 160 valence electrons. The highest BCUT2D eigenvalue weighted by Gasteiger charge is 2.33. The van der Waals surface area contributed by atoms with Crippen molar-refractivity contribution >= 4 is 46.3 Å². The Kier molecular flexibility index (Phi) is 6.25. The van der Waals surface area contributed by atoms with E-state index in [0.29, 0.717) is 17.4 Å². The minimum Gasteiger partial charge on any atom is -0.504 e. The van der Waals surface area contributed by atoms with Gasteiger partial charge in [0.25, 0.3) is 11.6 Å². The number of nitrogens with zero attached hydrogens (tertiary/aromatic N) is 3. The first-order valence-electron chi connectivity index (χ1n) is 8.94. The standard InChI is InChI=1S/C20H17N3O7S/c1-3-22-18(25)16(9-12-8-14(23(28)29)10-15(30-2)17(12)24)31-20(22)21-13-6-4-5-11(7-13)19(26)27/h4-10,24H,3H2,1-2H3,(H,26,27)/b16-9+,21-20?. The fraction of sp³-hybridized carbons (Fsp3) is 0.150. The number of aliphatic imine (C=N–C) groups is 1. The van der Waals surface area contributed by atoms with Crippen molar-refractivity contribution < 1.29 is 29.5 Å². The van der Waals surface area contributed by atoms with Crippen LogP contribution in [0.3, 0.4) is 0 Å². The maximum absolute atomic E-state index is 12.8. The smallest absolute Gasteiger partial charge is 0.335 e. The molecule has 1 fully saturated rings. The number of nitro benzene ring substituents is 1. The largest absolute Gasteiger partial charge is 0.504 e. The van der Waals surface area contributed by atoms with Crippen LogP contribution < -0.4 is 4.74 Å². The Bertz CT molecular complexity index is 1140. The van der Waals surface area contributed by atoms with E-state index >= 15 is 0 Å². The molecule has 0 unspecified atom stereocenters. The van der Waals surface area contributed by atoms with Gasteiger partial charge < -0.3 is 14.9 Å². The number of thioether (sulfide) groups is 1. The second kappa shape index (κ2) is 8.88. The van der Waals surface area contributed by atoms with Crippen LogP contribution in [0, 0.1) is 10.1 Å². The molecule has 1 aliphatic rings. The number of phenols is 1. The first-order valence-corrected chi connectivity index (χ1v) is 9.75. The minimum atomic E-state index is -1.10. The molecule has 2 N–H and O–H groups in total. The molecule has 0 bridgehead atoms. The number of carbonyl (C=O) groups is 2. The highest BCUT2D eigenvalue weighted by molar-refractivity contribution is 8.18. The van der Waals surface area contributed by atoms with Crippen LogP contribution in [0.5, 0.6) is 11.5 Å². The number of rotatable bonds is 6. The molecule has 0 aromatic heterocycles. The van der Waals surface area contributed by atoms with Crippen LogP contribution in [-0.4, -0.2) is 50.7 Å². The highest BCUT2D eigenvalue weighted by atomic mass is 32.2. The minimum absolute atomic E-state index is 0.0482. The van der Waals surface area contributed by atoms with Gasteiger partial charge in [-0.2, -0.15) is 0 Å². The van der Waals surface area contributed by atoms with Crippen LogP contribution in [0.25, 0.3) is 6.08 Å². The summed E-state index contributed by atoms with van der Waals surface area (Å²) in [6.45, 7) is 2.04. The van der Waals surface area contributed by atoms with Gasteiger partial charge in [-0.15, -0.1) is 0 Å². The monoisotopic (exact) mass is 443 g/mol. The van der Waals surface area contributed by atoms with Gasteiger partial charge in [0.2, 0.25) is 0 Å². The molecule has 0 saturated carbocycles. The predicted octanol–water partition coefficient (Wildman–Crippen LogP) is 3.63. The Hall–Kier alpha value is -3.86. The van der Waals surface area contributed by atoms with Crippen LogP contribution in [0.15, 0.2) is 46.3 Å². The van der Waals surface area contributed by atoms with Crippen molar-refractivity contribution in [1.82, 2.24) is 4.90 Å². The van der Waals surface area contributed by atoms with E-state index in [1.54, 1.807) is 19.1 Å². The van der Waals surface area contributed by atoms with E-state index in [1.807, 2.05) is 0 Å². The van der Waals surface area contributed by atoms with E-state index in [-0.39, 0.29) is 33.2 Å². The number of aromatic carboxylic acids is 1. The second-order valence-electron chi connectivity index (χ2n) is 6.25. The first kappa shape index (κ1) is 21.8. The molecule has 31 heavy (non-hydrogen) atoms. The number of aromatic hydroxyl groups is 1. The van der Waals surface area contributed by atoms with Gasteiger partial charge in [0.05, 0.1) is 34.3 Å². The number of carboxylic acids is 1. The maximum Gasteiger partial charge on any atom is 0.335 e. The number of amidine groups is 1. The van der Waals surface area contributed by atoms with Crippen molar-refractivity contribution in [3.8, 4) is 11.5 Å². The zero-order chi connectivity index (χ0) is 22.7. The molecule has 2 aromatic rings. The fourth-order valence-corrected chi connectivity index (χ4v) is 3.87. The summed E-state index contributed by atoms with van der Waals surface area (Å²) in [7, 11) is 1.26. The van der Waals surface area contributed by atoms with Crippen molar-refractivity contribution in [3.63, 3.8) is 0 Å². The van der Waals surface area contributed by atoms with E-state index in [1.165, 1.54) is 30.2 Å². The molecular formula is C20H17N3O7S. The molecule has 1 heterocycles. The summed E-state index contributed by atoms with van der Waals surface area (Å²) in [6.07, 6.45) is 1.33. The summed E-state index contributed by atoms with van der Waals surface area (Å²) in [4.78, 5) is 40.5. The van der Waals surface area contributed by atoms with E-state index in [2.05, 4.69) is 4.99 Å². The third kappa shape index (κ3) is 4.51. The highest BCUT2D eigenvalue weighted by Crippen LogP contribution is 2.39. The van der Waals surface area contributed by atoms with Crippen molar-refractivity contribution in [2.45, 2.75) is 6.92 Å². The lowest BCUT2D eigenvalue weighted by Gasteiger charge is -2.12. The lowest BCUT2D eigenvalue weighted by molar-refractivity contribution is -0.385. The number of hydrogen-bond acceptors (Lipinski definition) is 8. The van der Waals surface area contributed by atoms with Crippen molar-refractivity contribution in [2.24, 2.45) is 4.99 Å². The number of nitro groups is 1. The normalized spacial score (nSPS) is 16.2. The third-order valence-electron chi connectivity index (χ3n) is 4.33. The van der Waals surface area contributed by atoms with Gasteiger partial charge in [-0.25, -0.2) is 9.79 Å². The van der Waals surface area contributed by atoms with Gasteiger partial charge >= 0.3 is 5.97 Å². The lowest BCUT2D eigenvalue weighted by atomic mass is 10.1. The van der Waals surface area contributed by atoms with Crippen LogP contribution >= 0.6 is 11.8 Å². The summed E-state index contributed by atoms with van der Waals surface area (Å²) < 4.78 is 4.98. The zero-order valence-corrected chi connectivity index (χ0v) is 17.3. The van der Waals surface area contributed by atoms with E-state index in [4.69, 9.17) is 9.84 Å². The van der Waals surface area contributed by atoms with Crippen LogP contribution in [0.4, 0.5) is 11.4 Å². The Labute approximate surface area is 180 Å². The van der Waals surface area contributed by atoms with Crippen molar-refractivity contribution in [2.75, 3.05) is 13.7 Å². The molecule has 3 rings (SSSR count). The van der Waals surface area contributed by atoms with Gasteiger partial charge in [0.15, 0.2) is 16.7 Å².